The summed E-state index contributed by atoms with van der Waals surface area (Å²) < 4.78 is 0. The topological polar surface area (TPSA) is 41.1 Å². The van der Waals surface area contributed by atoms with E-state index in [2.05, 4.69) is 22.8 Å². The van der Waals surface area contributed by atoms with Crippen LogP contribution >= 0.6 is 0 Å². The predicted octanol–water partition coefficient (Wildman–Crippen LogP) is 3.78. The molecule has 0 spiro atoms. The molecule has 1 aliphatic carbocycles. The Balaban J connectivity index is 1.78. The van der Waals surface area contributed by atoms with Gasteiger partial charge < -0.3 is 10.6 Å². The van der Waals surface area contributed by atoms with Crippen LogP contribution in [0.4, 0.5) is 11.4 Å². The third kappa shape index (κ3) is 2.77. The highest BCUT2D eigenvalue weighted by atomic mass is 16.1. The molecule has 0 radical (unpaired) electrons. The second kappa shape index (κ2) is 5.60. The second-order valence-electron chi connectivity index (χ2n) is 5.57. The smallest absolute Gasteiger partial charge is 0.255 e. The third-order valence-electron chi connectivity index (χ3n) is 4.11. The Morgan fingerprint density at radius 3 is 2.62 bits per heavy atom. The van der Waals surface area contributed by atoms with Gasteiger partial charge in [0.2, 0.25) is 0 Å². The van der Waals surface area contributed by atoms with Crippen LogP contribution in [0.5, 0.6) is 0 Å². The molecule has 2 aromatic carbocycles. The molecule has 0 fully saturated rings. The number of aryl methyl sites for hydroxylation is 3. The lowest BCUT2D eigenvalue weighted by Gasteiger charge is -2.10. The lowest BCUT2D eigenvalue weighted by Crippen LogP contribution is -2.12. The van der Waals surface area contributed by atoms with Gasteiger partial charge in [-0.3, -0.25) is 4.79 Å². The summed E-state index contributed by atoms with van der Waals surface area (Å²) in [5.41, 5.74) is 6.47. The van der Waals surface area contributed by atoms with Crippen LogP contribution in [0.1, 0.15) is 33.5 Å². The Morgan fingerprint density at radius 1 is 1.05 bits per heavy atom. The number of anilines is 2. The van der Waals surface area contributed by atoms with Crippen molar-refractivity contribution in [1.82, 2.24) is 0 Å². The Kier molecular flexibility index (Phi) is 3.65. The van der Waals surface area contributed by atoms with E-state index in [1.54, 1.807) is 0 Å². The summed E-state index contributed by atoms with van der Waals surface area (Å²) in [7, 11) is 1.88. The maximum atomic E-state index is 12.3. The molecular formula is C18H20N2O. The average molecular weight is 280 g/mol. The quantitative estimate of drug-likeness (QED) is 0.898. The van der Waals surface area contributed by atoms with E-state index in [1.807, 2.05) is 38.2 Å². The minimum absolute atomic E-state index is 0.0568. The van der Waals surface area contributed by atoms with Crippen molar-refractivity contribution >= 4 is 17.3 Å². The number of amides is 1. The van der Waals surface area contributed by atoms with Gasteiger partial charge in [-0.05, 0) is 73.2 Å². The number of benzene rings is 2. The molecule has 108 valence electrons. The molecule has 0 aliphatic heterocycles. The van der Waals surface area contributed by atoms with Crippen molar-refractivity contribution in [1.29, 1.82) is 0 Å². The number of carbonyl (C=O) groups is 1. The lowest BCUT2D eigenvalue weighted by atomic mass is 10.1. The fourth-order valence-electron chi connectivity index (χ4n) is 2.94. The molecular weight excluding hydrogens is 260 g/mol. The number of rotatable bonds is 3. The third-order valence-corrected chi connectivity index (χ3v) is 4.11. The fourth-order valence-corrected chi connectivity index (χ4v) is 2.94. The average Bonchev–Trinajstić information content (AvgIpc) is 2.94. The van der Waals surface area contributed by atoms with Gasteiger partial charge in [-0.2, -0.15) is 0 Å². The summed E-state index contributed by atoms with van der Waals surface area (Å²) in [6, 6.07) is 11.9. The van der Waals surface area contributed by atoms with Crippen molar-refractivity contribution in [2.75, 3.05) is 17.7 Å². The van der Waals surface area contributed by atoms with Crippen LogP contribution in [-0.4, -0.2) is 13.0 Å². The molecule has 0 aromatic heterocycles. The van der Waals surface area contributed by atoms with E-state index < -0.39 is 0 Å². The maximum absolute atomic E-state index is 12.3. The van der Waals surface area contributed by atoms with Gasteiger partial charge in [0, 0.05) is 24.0 Å². The highest BCUT2D eigenvalue weighted by molar-refractivity contribution is 6.04. The summed E-state index contributed by atoms with van der Waals surface area (Å²) in [4.78, 5) is 12.3. The van der Waals surface area contributed by atoms with Crippen molar-refractivity contribution in [3.8, 4) is 0 Å². The van der Waals surface area contributed by atoms with Crippen molar-refractivity contribution in [2.45, 2.75) is 26.2 Å². The number of carbonyl (C=O) groups excluding carboxylic acids is 1. The van der Waals surface area contributed by atoms with E-state index >= 15 is 0 Å². The van der Waals surface area contributed by atoms with E-state index in [4.69, 9.17) is 0 Å². The molecule has 1 aliphatic rings. The Labute approximate surface area is 125 Å². The Bertz CT molecular complexity index is 692. The standard InChI is InChI=1S/C18H20N2O/c1-12-10-15(7-9-17(12)19-2)18(21)20-16-8-6-13-4-3-5-14(13)11-16/h6-11,19H,3-5H2,1-2H3,(H,20,21). The summed E-state index contributed by atoms with van der Waals surface area (Å²) >= 11 is 0. The molecule has 2 N–H and O–H groups in total. The van der Waals surface area contributed by atoms with E-state index in [-0.39, 0.29) is 5.91 Å². The zero-order valence-corrected chi connectivity index (χ0v) is 12.5. The molecule has 1 amide bonds. The van der Waals surface area contributed by atoms with Crippen LogP contribution in [-0.2, 0) is 12.8 Å². The Morgan fingerprint density at radius 2 is 1.86 bits per heavy atom. The molecule has 0 unspecified atom stereocenters. The van der Waals surface area contributed by atoms with E-state index in [0.717, 1.165) is 29.8 Å². The van der Waals surface area contributed by atoms with Crippen LogP contribution in [0.25, 0.3) is 0 Å². The summed E-state index contributed by atoms with van der Waals surface area (Å²) in [6.07, 6.45) is 3.50. The van der Waals surface area contributed by atoms with Crippen LogP contribution in [0.15, 0.2) is 36.4 Å². The van der Waals surface area contributed by atoms with Gasteiger partial charge in [0.15, 0.2) is 0 Å². The van der Waals surface area contributed by atoms with Crippen LogP contribution in [0.2, 0.25) is 0 Å². The monoisotopic (exact) mass is 280 g/mol. The lowest BCUT2D eigenvalue weighted by molar-refractivity contribution is 0.102. The maximum Gasteiger partial charge on any atom is 0.255 e. The minimum Gasteiger partial charge on any atom is -0.388 e. The first-order valence-corrected chi connectivity index (χ1v) is 7.39. The summed E-state index contributed by atoms with van der Waals surface area (Å²) in [5.74, 6) is -0.0568. The molecule has 3 rings (SSSR count). The SMILES string of the molecule is CNc1ccc(C(=O)Nc2ccc3c(c2)CCC3)cc1C. The van der Waals surface area contributed by atoms with Gasteiger partial charge in [-0.15, -0.1) is 0 Å². The molecule has 0 saturated carbocycles. The molecule has 3 heteroatoms. The van der Waals surface area contributed by atoms with Gasteiger partial charge in [-0.1, -0.05) is 6.07 Å². The van der Waals surface area contributed by atoms with Crippen LogP contribution in [0, 0.1) is 6.92 Å². The molecule has 0 atom stereocenters. The first kappa shape index (κ1) is 13.7. The number of nitrogens with one attached hydrogen (secondary N) is 2. The first-order chi connectivity index (χ1) is 10.2. The number of hydrogen-bond donors (Lipinski definition) is 2. The minimum atomic E-state index is -0.0568. The van der Waals surface area contributed by atoms with Crippen molar-refractivity contribution in [2.24, 2.45) is 0 Å². The molecule has 21 heavy (non-hydrogen) atoms. The number of fused-ring (bicyclic) bond motifs is 1. The van der Waals surface area contributed by atoms with Crippen molar-refractivity contribution in [3.05, 3.63) is 58.7 Å². The van der Waals surface area contributed by atoms with Gasteiger partial charge in [0.1, 0.15) is 0 Å². The van der Waals surface area contributed by atoms with Gasteiger partial charge in [-0.25, -0.2) is 0 Å². The van der Waals surface area contributed by atoms with Crippen molar-refractivity contribution in [3.63, 3.8) is 0 Å². The highest BCUT2D eigenvalue weighted by Crippen LogP contribution is 2.25. The van der Waals surface area contributed by atoms with Crippen LogP contribution < -0.4 is 10.6 Å². The molecule has 0 heterocycles. The highest BCUT2D eigenvalue weighted by Gasteiger charge is 2.13. The number of hydrogen-bond acceptors (Lipinski definition) is 2. The molecule has 0 bridgehead atoms. The van der Waals surface area contributed by atoms with E-state index in [9.17, 15) is 4.79 Å². The second-order valence-corrected chi connectivity index (χ2v) is 5.57. The fraction of sp³-hybridized carbons (Fsp3) is 0.278. The van der Waals surface area contributed by atoms with E-state index in [1.165, 1.54) is 17.5 Å². The van der Waals surface area contributed by atoms with Gasteiger partial charge in [0.05, 0.1) is 0 Å². The van der Waals surface area contributed by atoms with E-state index in [0.29, 0.717) is 5.56 Å². The normalized spacial score (nSPS) is 12.9. The first-order valence-electron chi connectivity index (χ1n) is 7.39. The zero-order valence-electron chi connectivity index (χ0n) is 12.5. The molecule has 0 saturated heterocycles. The van der Waals surface area contributed by atoms with Crippen molar-refractivity contribution < 1.29 is 4.79 Å². The largest absolute Gasteiger partial charge is 0.388 e. The van der Waals surface area contributed by atoms with Gasteiger partial charge >= 0.3 is 0 Å². The van der Waals surface area contributed by atoms with Crippen LogP contribution in [0.3, 0.4) is 0 Å². The van der Waals surface area contributed by atoms with Gasteiger partial charge in [0.25, 0.3) is 5.91 Å². The predicted molar refractivity (Wildman–Crippen MR) is 87.1 cm³/mol. The molecule has 3 nitrogen and oxygen atoms in total. The molecule has 2 aromatic rings. The Hall–Kier alpha value is -2.29. The summed E-state index contributed by atoms with van der Waals surface area (Å²) in [5, 5.41) is 6.10. The zero-order chi connectivity index (χ0) is 14.8. The summed E-state index contributed by atoms with van der Waals surface area (Å²) in [6.45, 7) is 2.00.